The normalized spacial score (nSPS) is 16.7. The minimum Gasteiger partial charge on any atom is -0.493 e. The zero-order valence-electron chi connectivity index (χ0n) is 14.6. The van der Waals surface area contributed by atoms with Crippen LogP contribution in [0.15, 0.2) is 18.2 Å². The van der Waals surface area contributed by atoms with Crippen LogP contribution in [0.3, 0.4) is 0 Å². The molecule has 0 saturated carbocycles. The summed E-state index contributed by atoms with van der Waals surface area (Å²) in [6.07, 6.45) is 2.32. The van der Waals surface area contributed by atoms with Crippen LogP contribution in [0.25, 0.3) is 0 Å². The van der Waals surface area contributed by atoms with Gasteiger partial charge in [0, 0.05) is 19.1 Å². The van der Waals surface area contributed by atoms with E-state index >= 15 is 0 Å². The lowest BCUT2D eigenvalue weighted by molar-refractivity contribution is 0.0940. The maximum Gasteiger partial charge on any atom is 0.161 e. The van der Waals surface area contributed by atoms with E-state index in [0.717, 1.165) is 44.0 Å². The Balaban J connectivity index is 2.08. The van der Waals surface area contributed by atoms with Gasteiger partial charge in [0.05, 0.1) is 20.3 Å². The van der Waals surface area contributed by atoms with Crippen LogP contribution in [0.1, 0.15) is 25.3 Å². The zero-order valence-corrected chi connectivity index (χ0v) is 14.6. The van der Waals surface area contributed by atoms with Crippen molar-refractivity contribution in [2.24, 2.45) is 0 Å². The van der Waals surface area contributed by atoms with Gasteiger partial charge < -0.3 is 19.5 Å². The number of nitrogens with zero attached hydrogens (tertiary/aromatic N) is 2. The molecule has 0 spiro atoms. The molecule has 0 unspecified atom stereocenters. The number of likely N-dealkylation sites (tertiary alicyclic amines) is 1. The lowest BCUT2D eigenvalue weighted by atomic mass is 10.0. The van der Waals surface area contributed by atoms with Crippen molar-refractivity contribution in [3.05, 3.63) is 23.8 Å². The monoisotopic (exact) mass is 322 g/mol. The average Bonchev–Trinajstić information content (AvgIpc) is 2.56. The molecule has 5 heteroatoms. The van der Waals surface area contributed by atoms with Crippen molar-refractivity contribution in [1.29, 1.82) is 0 Å². The van der Waals surface area contributed by atoms with E-state index in [1.165, 1.54) is 5.56 Å². The maximum absolute atomic E-state index is 9.42. The lowest BCUT2D eigenvalue weighted by Crippen LogP contribution is -2.44. The van der Waals surface area contributed by atoms with Crippen molar-refractivity contribution in [2.75, 3.05) is 47.0 Å². The van der Waals surface area contributed by atoms with Gasteiger partial charge in [-0.1, -0.05) is 6.07 Å². The van der Waals surface area contributed by atoms with Crippen molar-refractivity contribution in [3.8, 4) is 11.5 Å². The second-order valence-electron chi connectivity index (χ2n) is 6.15. The largest absolute Gasteiger partial charge is 0.493 e. The van der Waals surface area contributed by atoms with E-state index in [4.69, 9.17) is 9.47 Å². The standard InChI is InChI=1S/C18H30N2O3/c1-4-23-18-13-15(5-6-17(18)22-3)14-20(11-12-21)16-7-9-19(2)10-8-16/h5-6,13,16,21H,4,7-12,14H2,1-3H3. The van der Waals surface area contributed by atoms with Crippen LogP contribution in [0.4, 0.5) is 0 Å². The first kappa shape index (κ1) is 18.0. The summed E-state index contributed by atoms with van der Waals surface area (Å²) < 4.78 is 11.0. The summed E-state index contributed by atoms with van der Waals surface area (Å²) >= 11 is 0. The Morgan fingerprint density at radius 2 is 2.00 bits per heavy atom. The summed E-state index contributed by atoms with van der Waals surface area (Å²) in [4.78, 5) is 4.76. The van der Waals surface area contributed by atoms with Crippen molar-refractivity contribution in [3.63, 3.8) is 0 Å². The summed E-state index contributed by atoms with van der Waals surface area (Å²) in [6, 6.07) is 6.64. The van der Waals surface area contributed by atoms with Gasteiger partial charge in [0.2, 0.25) is 0 Å². The third-order valence-corrected chi connectivity index (χ3v) is 4.51. The highest BCUT2D eigenvalue weighted by molar-refractivity contribution is 5.43. The molecule has 2 rings (SSSR count). The average molecular weight is 322 g/mol. The lowest BCUT2D eigenvalue weighted by Gasteiger charge is -2.37. The number of hydrogen-bond donors (Lipinski definition) is 1. The highest BCUT2D eigenvalue weighted by atomic mass is 16.5. The van der Waals surface area contributed by atoms with Crippen LogP contribution >= 0.6 is 0 Å². The van der Waals surface area contributed by atoms with Gasteiger partial charge in [-0.2, -0.15) is 0 Å². The Bertz CT molecular complexity index is 473. The van der Waals surface area contributed by atoms with Gasteiger partial charge in [0.1, 0.15) is 0 Å². The molecule has 1 aromatic carbocycles. The van der Waals surface area contributed by atoms with E-state index in [1.54, 1.807) is 7.11 Å². The molecule has 1 aromatic rings. The summed E-state index contributed by atoms with van der Waals surface area (Å²) in [7, 11) is 3.83. The van der Waals surface area contributed by atoms with Crippen molar-refractivity contribution in [2.45, 2.75) is 32.4 Å². The highest BCUT2D eigenvalue weighted by Crippen LogP contribution is 2.29. The van der Waals surface area contributed by atoms with E-state index in [-0.39, 0.29) is 6.61 Å². The molecule has 130 valence electrons. The highest BCUT2D eigenvalue weighted by Gasteiger charge is 2.23. The predicted octanol–water partition coefficient (Wildman–Crippen LogP) is 1.98. The third kappa shape index (κ3) is 5.09. The quantitative estimate of drug-likeness (QED) is 0.793. The first-order valence-electron chi connectivity index (χ1n) is 8.51. The Hall–Kier alpha value is -1.30. The first-order chi connectivity index (χ1) is 11.2. The summed E-state index contributed by atoms with van der Waals surface area (Å²) in [5.74, 6) is 1.56. The van der Waals surface area contributed by atoms with Crippen LogP contribution in [0, 0.1) is 0 Å². The molecule has 0 aliphatic carbocycles. The number of piperidine rings is 1. The SMILES string of the molecule is CCOc1cc(CN(CCO)C2CCN(C)CC2)ccc1OC. The molecular weight excluding hydrogens is 292 g/mol. The van der Waals surface area contributed by atoms with Gasteiger partial charge >= 0.3 is 0 Å². The van der Waals surface area contributed by atoms with Gasteiger partial charge in [-0.05, 0) is 57.6 Å². The van der Waals surface area contributed by atoms with Gasteiger partial charge in [0.25, 0.3) is 0 Å². The number of hydrogen-bond acceptors (Lipinski definition) is 5. The minimum atomic E-state index is 0.195. The second-order valence-corrected chi connectivity index (χ2v) is 6.15. The molecule has 0 amide bonds. The van der Waals surface area contributed by atoms with Crippen molar-refractivity contribution in [1.82, 2.24) is 9.80 Å². The molecule has 1 saturated heterocycles. The number of ether oxygens (including phenoxy) is 2. The molecule has 1 aliphatic heterocycles. The molecule has 0 atom stereocenters. The number of methoxy groups -OCH3 is 1. The van der Waals surface area contributed by atoms with Gasteiger partial charge in [0.15, 0.2) is 11.5 Å². The molecule has 1 heterocycles. The molecule has 0 aromatic heterocycles. The minimum absolute atomic E-state index is 0.195. The smallest absolute Gasteiger partial charge is 0.161 e. The first-order valence-corrected chi connectivity index (χ1v) is 8.51. The van der Waals surface area contributed by atoms with Crippen LogP contribution in [-0.4, -0.2) is 68.0 Å². The fraction of sp³-hybridized carbons (Fsp3) is 0.667. The van der Waals surface area contributed by atoms with Crippen molar-refractivity contribution >= 4 is 0 Å². The molecule has 1 aliphatic rings. The second kappa shape index (κ2) is 9.11. The molecule has 5 nitrogen and oxygen atoms in total. The van der Waals surface area contributed by atoms with Crippen LogP contribution < -0.4 is 9.47 Å². The van der Waals surface area contributed by atoms with Gasteiger partial charge in [-0.25, -0.2) is 0 Å². The molecule has 23 heavy (non-hydrogen) atoms. The van der Waals surface area contributed by atoms with Crippen LogP contribution in [0.5, 0.6) is 11.5 Å². The fourth-order valence-corrected chi connectivity index (χ4v) is 3.20. The number of aliphatic hydroxyl groups excluding tert-OH is 1. The number of benzene rings is 1. The Kier molecular flexibility index (Phi) is 7.15. The van der Waals surface area contributed by atoms with Gasteiger partial charge in [-0.15, -0.1) is 0 Å². The Morgan fingerprint density at radius 1 is 1.26 bits per heavy atom. The van der Waals surface area contributed by atoms with E-state index in [9.17, 15) is 5.11 Å². The van der Waals surface area contributed by atoms with E-state index < -0.39 is 0 Å². The van der Waals surface area contributed by atoms with E-state index in [0.29, 0.717) is 19.2 Å². The Labute approximate surface area is 139 Å². The third-order valence-electron chi connectivity index (χ3n) is 4.51. The summed E-state index contributed by atoms with van der Waals surface area (Å²) in [6.45, 7) is 6.58. The van der Waals surface area contributed by atoms with Gasteiger partial charge in [-0.3, -0.25) is 4.90 Å². The number of rotatable bonds is 8. The van der Waals surface area contributed by atoms with Crippen molar-refractivity contribution < 1.29 is 14.6 Å². The van der Waals surface area contributed by atoms with Crippen LogP contribution in [0.2, 0.25) is 0 Å². The zero-order chi connectivity index (χ0) is 16.7. The Morgan fingerprint density at radius 3 is 2.61 bits per heavy atom. The summed E-state index contributed by atoms with van der Waals surface area (Å²) in [5.41, 5.74) is 1.20. The van der Waals surface area contributed by atoms with E-state index in [1.807, 2.05) is 13.0 Å². The molecular formula is C18H30N2O3. The molecule has 0 bridgehead atoms. The molecule has 0 radical (unpaired) electrons. The topological polar surface area (TPSA) is 45.2 Å². The maximum atomic E-state index is 9.42. The van der Waals surface area contributed by atoms with E-state index in [2.05, 4.69) is 29.0 Å². The molecule has 1 N–H and O–H groups in total. The fourth-order valence-electron chi connectivity index (χ4n) is 3.20. The predicted molar refractivity (Wildman–Crippen MR) is 92.2 cm³/mol. The summed E-state index contributed by atoms with van der Waals surface area (Å²) in [5, 5.41) is 9.42. The number of aliphatic hydroxyl groups is 1. The molecule has 1 fully saturated rings. The van der Waals surface area contributed by atoms with Crippen LogP contribution in [-0.2, 0) is 6.54 Å².